The Labute approximate surface area is 86.5 Å². The Morgan fingerprint density at radius 3 is 2.93 bits per heavy atom. The smallest absolute Gasteiger partial charge is 0.408 e. The lowest BCUT2D eigenvalue weighted by Crippen LogP contribution is -2.45. The Kier molecular flexibility index (Phi) is 1.89. The number of oxazole rings is 1. The zero-order chi connectivity index (χ0) is 10.3. The van der Waals surface area contributed by atoms with Crippen LogP contribution in [0.15, 0.2) is 33.5 Å². The predicted molar refractivity (Wildman–Crippen MR) is 56.8 cm³/mol. The number of hydrogen-bond acceptors (Lipinski definition) is 3. The molecule has 1 aliphatic heterocycles. The summed E-state index contributed by atoms with van der Waals surface area (Å²) in [5.41, 5.74) is 1.57. The summed E-state index contributed by atoms with van der Waals surface area (Å²) < 4.78 is 6.88. The summed E-state index contributed by atoms with van der Waals surface area (Å²) in [7, 11) is 0. The van der Waals surface area contributed by atoms with E-state index in [0.717, 1.165) is 25.2 Å². The Bertz CT molecular complexity index is 537. The summed E-state index contributed by atoms with van der Waals surface area (Å²) in [6.07, 6.45) is 0. The molecular weight excluding hydrogens is 192 g/mol. The molecule has 0 spiro atoms. The van der Waals surface area contributed by atoms with Gasteiger partial charge in [-0.3, -0.25) is 4.57 Å². The van der Waals surface area contributed by atoms with Gasteiger partial charge in [0, 0.05) is 25.6 Å². The maximum atomic E-state index is 11.6. The molecule has 1 N–H and O–H groups in total. The maximum absolute atomic E-state index is 11.6. The number of nitrogens with one attached hydrogen (secondary N) is 1. The quantitative estimate of drug-likeness (QED) is 0.787. The van der Waals surface area contributed by atoms with E-state index < -0.39 is 0 Å². The van der Waals surface area contributed by atoms with Gasteiger partial charge in [-0.25, -0.2) is 4.79 Å². The zero-order valence-corrected chi connectivity index (χ0v) is 8.27. The van der Waals surface area contributed by atoms with Crippen molar-refractivity contribution >= 4 is 11.1 Å². The number of nitrogens with zero attached hydrogens (tertiary/aromatic N) is 1. The van der Waals surface area contributed by atoms with E-state index in [9.17, 15) is 4.79 Å². The molecule has 78 valence electrons. The minimum absolute atomic E-state index is 0.247. The van der Waals surface area contributed by atoms with E-state index in [1.165, 1.54) is 0 Å². The van der Waals surface area contributed by atoms with Crippen LogP contribution >= 0.6 is 0 Å². The van der Waals surface area contributed by atoms with Crippen LogP contribution in [-0.2, 0) is 6.54 Å². The monoisotopic (exact) mass is 204 g/mol. The summed E-state index contributed by atoms with van der Waals surface area (Å²) in [5, 5.41) is 3.20. The summed E-state index contributed by atoms with van der Waals surface area (Å²) in [5.74, 6) is 0.312. The fourth-order valence-electron chi connectivity index (χ4n) is 1.92. The van der Waals surface area contributed by atoms with Crippen LogP contribution in [-0.4, -0.2) is 17.7 Å². The molecule has 0 radical (unpaired) electrons. The van der Waals surface area contributed by atoms with E-state index in [-0.39, 0.29) is 5.76 Å². The van der Waals surface area contributed by atoms with Crippen LogP contribution < -0.4 is 11.1 Å². The van der Waals surface area contributed by atoms with Crippen molar-refractivity contribution in [2.45, 2.75) is 6.54 Å². The number of para-hydroxylation sites is 2. The Hall–Kier alpha value is -1.55. The lowest BCUT2D eigenvalue weighted by Gasteiger charge is -2.26. The minimum Gasteiger partial charge on any atom is -0.408 e. The first-order chi connectivity index (χ1) is 7.34. The van der Waals surface area contributed by atoms with Crippen molar-refractivity contribution in [1.82, 2.24) is 9.88 Å². The van der Waals surface area contributed by atoms with Crippen molar-refractivity contribution in [2.75, 3.05) is 13.1 Å². The van der Waals surface area contributed by atoms with Crippen LogP contribution in [0.5, 0.6) is 0 Å². The second kappa shape index (κ2) is 3.24. The highest BCUT2D eigenvalue weighted by atomic mass is 16.4. The highest BCUT2D eigenvalue weighted by Gasteiger charge is 2.19. The molecular formula is C11H12N2O2. The van der Waals surface area contributed by atoms with Gasteiger partial charge in [-0.05, 0) is 12.1 Å². The fraction of sp³-hybridized carbons (Fsp3) is 0.364. The molecule has 2 aromatic rings. The predicted octanol–water partition coefficient (Wildman–Crippen LogP) is 0.814. The van der Waals surface area contributed by atoms with Gasteiger partial charge < -0.3 is 9.73 Å². The van der Waals surface area contributed by atoms with Crippen molar-refractivity contribution in [3.8, 4) is 0 Å². The average Bonchev–Trinajstić information content (AvgIpc) is 2.48. The van der Waals surface area contributed by atoms with Crippen LogP contribution in [0.1, 0.15) is 0 Å². The van der Waals surface area contributed by atoms with Crippen molar-refractivity contribution in [3.63, 3.8) is 0 Å². The van der Waals surface area contributed by atoms with Crippen molar-refractivity contribution in [1.29, 1.82) is 0 Å². The second-order valence-electron chi connectivity index (χ2n) is 3.97. The molecule has 2 heterocycles. The highest BCUT2D eigenvalue weighted by molar-refractivity contribution is 5.72. The molecule has 0 unspecified atom stereocenters. The van der Waals surface area contributed by atoms with Crippen LogP contribution in [0.2, 0.25) is 0 Å². The number of benzene rings is 1. The lowest BCUT2D eigenvalue weighted by molar-refractivity contribution is 0.300. The van der Waals surface area contributed by atoms with E-state index in [4.69, 9.17) is 4.42 Å². The first-order valence-electron chi connectivity index (χ1n) is 5.14. The zero-order valence-electron chi connectivity index (χ0n) is 8.27. The first kappa shape index (κ1) is 8.73. The van der Waals surface area contributed by atoms with Gasteiger partial charge in [0.05, 0.1) is 5.52 Å². The Morgan fingerprint density at radius 2 is 2.20 bits per heavy atom. The molecule has 1 saturated heterocycles. The number of hydrogen-bond donors (Lipinski definition) is 1. The molecule has 1 aromatic carbocycles. The van der Waals surface area contributed by atoms with Gasteiger partial charge >= 0.3 is 5.76 Å². The van der Waals surface area contributed by atoms with Gasteiger partial charge in [-0.1, -0.05) is 12.1 Å². The Morgan fingerprint density at radius 1 is 1.40 bits per heavy atom. The Balaban J connectivity index is 2.07. The van der Waals surface area contributed by atoms with Gasteiger partial charge in [0.25, 0.3) is 0 Å². The molecule has 4 heteroatoms. The van der Waals surface area contributed by atoms with Crippen LogP contribution in [0.25, 0.3) is 11.1 Å². The van der Waals surface area contributed by atoms with E-state index >= 15 is 0 Å². The fourth-order valence-corrected chi connectivity index (χ4v) is 1.92. The molecule has 0 aliphatic carbocycles. The third-order valence-electron chi connectivity index (χ3n) is 2.88. The van der Waals surface area contributed by atoms with Crippen LogP contribution in [0.3, 0.4) is 0 Å². The van der Waals surface area contributed by atoms with E-state index in [1.807, 2.05) is 24.3 Å². The molecule has 1 aromatic heterocycles. The van der Waals surface area contributed by atoms with Crippen LogP contribution in [0, 0.1) is 5.92 Å². The van der Waals surface area contributed by atoms with Gasteiger partial charge in [0.2, 0.25) is 0 Å². The van der Waals surface area contributed by atoms with Gasteiger partial charge in [-0.15, -0.1) is 0 Å². The molecule has 4 nitrogen and oxygen atoms in total. The van der Waals surface area contributed by atoms with Crippen molar-refractivity contribution < 1.29 is 4.42 Å². The van der Waals surface area contributed by atoms with Crippen molar-refractivity contribution in [3.05, 3.63) is 34.8 Å². The third-order valence-corrected chi connectivity index (χ3v) is 2.88. The molecule has 3 rings (SSSR count). The molecule has 0 bridgehead atoms. The lowest BCUT2D eigenvalue weighted by atomic mass is 10.0. The maximum Gasteiger partial charge on any atom is 0.419 e. The molecule has 1 fully saturated rings. The van der Waals surface area contributed by atoms with Gasteiger partial charge in [0.1, 0.15) is 0 Å². The van der Waals surface area contributed by atoms with Gasteiger partial charge in [0.15, 0.2) is 5.58 Å². The molecule has 1 aliphatic rings. The average molecular weight is 204 g/mol. The van der Waals surface area contributed by atoms with E-state index in [2.05, 4.69) is 5.32 Å². The van der Waals surface area contributed by atoms with E-state index in [0.29, 0.717) is 11.5 Å². The molecule has 15 heavy (non-hydrogen) atoms. The minimum atomic E-state index is -0.247. The molecule has 0 saturated carbocycles. The van der Waals surface area contributed by atoms with Gasteiger partial charge in [-0.2, -0.15) is 0 Å². The number of fused-ring (bicyclic) bond motifs is 1. The van der Waals surface area contributed by atoms with Crippen molar-refractivity contribution in [2.24, 2.45) is 5.92 Å². The van der Waals surface area contributed by atoms with Crippen LogP contribution in [0.4, 0.5) is 0 Å². The SMILES string of the molecule is O=c1oc2ccccc2n1CC1CNC1. The normalized spacial score (nSPS) is 16.8. The number of rotatable bonds is 2. The summed E-state index contributed by atoms with van der Waals surface area (Å²) in [6.45, 7) is 2.74. The molecule has 0 amide bonds. The highest BCUT2D eigenvalue weighted by Crippen LogP contribution is 2.14. The first-order valence-corrected chi connectivity index (χ1v) is 5.14. The number of aromatic nitrogens is 1. The third kappa shape index (κ3) is 1.37. The molecule has 0 atom stereocenters. The second-order valence-corrected chi connectivity index (χ2v) is 3.97. The standard InChI is InChI=1S/C11H12N2O2/c14-11-13(7-8-5-12-6-8)9-3-1-2-4-10(9)15-11/h1-4,8,12H,5-7H2. The van der Waals surface area contributed by atoms with E-state index in [1.54, 1.807) is 4.57 Å². The summed E-state index contributed by atoms with van der Waals surface area (Å²) in [4.78, 5) is 11.6. The summed E-state index contributed by atoms with van der Waals surface area (Å²) >= 11 is 0. The topological polar surface area (TPSA) is 47.2 Å². The largest absolute Gasteiger partial charge is 0.419 e. The summed E-state index contributed by atoms with van der Waals surface area (Å²) in [6, 6.07) is 7.55.